The van der Waals surface area contributed by atoms with Gasteiger partial charge in [-0.2, -0.15) is 0 Å². The summed E-state index contributed by atoms with van der Waals surface area (Å²) in [6.45, 7) is 5.22. The van der Waals surface area contributed by atoms with Crippen molar-refractivity contribution in [2.24, 2.45) is 0 Å². The molecular weight excluding hydrogens is 256 g/mol. The molecule has 1 unspecified atom stereocenters. The van der Waals surface area contributed by atoms with Crippen molar-refractivity contribution < 1.29 is 4.74 Å². The first-order valence-corrected chi connectivity index (χ1v) is 7.34. The fourth-order valence-corrected chi connectivity index (χ4v) is 3.11. The Morgan fingerprint density at radius 3 is 2.79 bits per heavy atom. The van der Waals surface area contributed by atoms with Crippen molar-refractivity contribution in [2.45, 2.75) is 25.8 Å². The number of benzene rings is 1. The molecule has 1 atom stereocenters. The minimum atomic E-state index is -0.155. The van der Waals surface area contributed by atoms with Crippen molar-refractivity contribution in [2.75, 3.05) is 13.7 Å². The second-order valence-electron chi connectivity index (χ2n) is 4.69. The molecule has 2 aromatic rings. The van der Waals surface area contributed by atoms with Gasteiger partial charge in [-0.15, -0.1) is 11.3 Å². The Hall–Kier alpha value is -1.39. The summed E-state index contributed by atoms with van der Waals surface area (Å²) in [6, 6.07) is 8.16. The summed E-state index contributed by atoms with van der Waals surface area (Å²) < 4.78 is 5.44. The van der Waals surface area contributed by atoms with Gasteiger partial charge in [-0.05, 0) is 25.1 Å². The average Bonchev–Trinajstić information content (AvgIpc) is 2.94. The molecule has 0 saturated heterocycles. The van der Waals surface area contributed by atoms with Crippen molar-refractivity contribution in [3.8, 4) is 5.75 Å². The molecule has 1 aromatic heterocycles. The van der Waals surface area contributed by atoms with Gasteiger partial charge in [0, 0.05) is 18.0 Å². The van der Waals surface area contributed by atoms with Crippen LogP contribution in [0.4, 0.5) is 0 Å². The molecule has 0 aliphatic heterocycles. The summed E-state index contributed by atoms with van der Waals surface area (Å²) in [5, 5.41) is 6.69. The summed E-state index contributed by atoms with van der Waals surface area (Å²) in [7, 11) is 1.72. The molecule has 0 bridgehead atoms. The molecule has 0 radical (unpaired) electrons. The van der Waals surface area contributed by atoms with Crippen LogP contribution in [0, 0.1) is 0 Å². The predicted octanol–water partition coefficient (Wildman–Crippen LogP) is 3.22. The van der Waals surface area contributed by atoms with Crippen LogP contribution in [0.5, 0.6) is 5.75 Å². The molecule has 19 heavy (non-hydrogen) atoms. The van der Waals surface area contributed by atoms with Crippen LogP contribution in [0.1, 0.15) is 24.4 Å². The van der Waals surface area contributed by atoms with Crippen LogP contribution < -0.4 is 10.1 Å². The first-order chi connectivity index (χ1) is 9.19. The number of likely N-dealkylation sites (N-methyl/N-ethyl adjacent to an activating group) is 1. The van der Waals surface area contributed by atoms with Gasteiger partial charge in [-0.1, -0.05) is 25.1 Å². The first-order valence-electron chi connectivity index (χ1n) is 6.46. The number of nitrogens with one attached hydrogen (secondary N) is 1. The van der Waals surface area contributed by atoms with Crippen LogP contribution in [0.25, 0.3) is 0 Å². The Labute approximate surface area is 118 Å². The van der Waals surface area contributed by atoms with E-state index in [1.807, 2.05) is 29.8 Å². The maximum absolute atomic E-state index is 5.44. The molecule has 0 fully saturated rings. The number of para-hydroxylation sites is 1. The lowest BCUT2D eigenvalue weighted by Crippen LogP contribution is -2.41. The van der Waals surface area contributed by atoms with Crippen molar-refractivity contribution in [1.29, 1.82) is 0 Å². The number of methoxy groups -OCH3 is 1. The van der Waals surface area contributed by atoms with Crippen molar-refractivity contribution in [3.63, 3.8) is 0 Å². The fraction of sp³-hybridized carbons (Fsp3) is 0.400. The number of nitrogens with zero attached hydrogens (tertiary/aromatic N) is 1. The molecule has 1 aromatic carbocycles. The summed E-state index contributed by atoms with van der Waals surface area (Å²) >= 11 is 1.69. The maximum atomic E-state index is 5.44. The van der Waals surface area contributed by atoms with E-state index in [1.165, 1.54) is 5.56 Å². The van der Waals surface area contributed by atoms with Crippen LogP contribution in [0.15, 0.2) is 35.8 Å². The Morgan fingerprint density at radius 2 is 2.16 bits per heavy atom. The van der Waals surface area contributed by atoms with Crippen LogP contribution in [0.2, 0.25) is 0 Å². The summed E-state index contributed by atoms with van der Waals surface area (Å²) in [5.41, 5.74) is 1.04. The highest BCUT2D eigenvalue weighted by molar-refractivity contribution is 7.09. The highest BCUT2D eigenvalue weighted by Gasteiger charge is 2.29. The molecule has 3 nitrogen and oxygen atoms in total. The third-order valence-corrected chi connectivity index (χ3v) is 4.24. The molecule has 1 heterocycles. The molecule has 0 spiro atoms. The number of ether oxygens (including phenoxy) is 1. The van der Waals surface area contributed by atoms with Crippen molar-refractivity contribution in [3.05, 3.63) is 46.4 Å². The number of hydrogen-bond acceptors (Lipinski definition) is 4. The van der Waals surface area contributed by atoms with E-state index < -0.39 is 0 Å². The molecule has 0 aliphatic rings. The minimum absolute atomic E-state index is 0.155. The van der Waals surface area contributed by atoms with E-state index in [9.17, 15) is 0 Å². The van der Waals surface area contributed by atoms with E-state index in [4.69, 9.17) is 4.74 Å². The predicted molar refractivity (Wildman–Crippen MR) is 79.8 cm³/mol. The van der Waals surface area contributed by atoms with Gasteiger partial charge in [0.25, 0.3) is 0 Å². The van der Waals surface area contributed by atoms with Gasteiger partial charge >= 0.3 is 0 Å². The van der Waals surface area contributed by atoms with Crippen molar-refractivity contribution >= 4 is 11.3 Å². The van der Waals surface area contributed by atoms with Gasteiger partial charge in [0.15, 0.2) is 0 Å². The molecule has 102 valence electrons. The van der Waals surface area contributed by atoms with Gasteiger partial charge in [0.1, 0.15) is 10.8 Å². The highest BCUT2D eigenvalue weighted by Crippen LogP contribution is 2.30. The van der Waals surface area contributed by atoms with E-state index in [0.717, 1.165) is 23.7 Å². The Bertz CT molecular complexity index is 513. The number of rotatable bonds is 6. The van der Waals surface area contributed by atoms with Crippen LogP contribution in [0.3, 0.4) is 0 Å². The number of thiazole rings is 1. The van der Waals surface area contributed by atoms with E-state index in [-0.39, 0.29) is 5.54 Å². The number of aromatic nitrogens is 1. The zero-order valence-electron chi connectivity index (χ0n) is 11.6. The summed E-state index contributed by atoms with van der Waals surface area (Å²) in [5.74, 6) is 0.934. The lowest BCUT2D eigenvalue weighted by molar-refractivity contribution is 0.357. The van der Waals surface area contributed by atoms with Crippen LogP contribution in [-0.4, -0.2) is 18.6 Å². The van der Waals surface area contributed by atoms with E-state index >= 15 is 0 Å². The van der Waals surface area contributed by atoms with Gasteiger partial charge in [0.2, 0.25) is 0 Å². The van der Waals surface area contributed by atoms with Crippen LogP contribution in [-0.2, 0) is 12.0 Å². The third-order valence-electron chi connectivity index (χ3n) is 3.21. The molecule has 1 N–H and O–H groups in total. The zero-order chi connectivity index (χ0) is 13.7. The third kappa shape index (κ3) is 3.14. The average molecular weight is 276 g/mol. The summed E-state index contributed by atoms with van der Waals surface area (Å²) in [6.07, 6.45) is 2.72. The maximum Gasteiger partial charge on any atom is 0.122 e. The van der Waals surface area contributed by atoms with Crippen molar-refractivity contribution in [1.82, 2.24) is 10.3 Å². The Balaban J connectivity index is 2.31. The second kappa shape index (κ2) is 6.17. The van der Waals surface area contributed by atoms with Gasteiger partial charge < -0.3 is 10.1 Å². The SMILES string of the molecule is CCNC(C)(Cc1ccccc1OC)c1nccs1. The molecule has 4 heteroatoms. The highest BCUT2D eigenvalue weighted by atomic mass is 32.1. The quantitative estimate of drug-likeness (QED) is 0.879. The molecule has 2 rings (SSSR count). The minimum Gasteiger partial charge on any atom is -0.496 e. The summed E-state index contributed by atoms with van der Waals surface area (Å²) in [4.78, 5) is 4.47. The lowest BCUT2D eigenvalue weighted by Gasteiger charge is -2.29. The molecular formula is C15H20N2OS. The first kappa shape index (κ1) is 14.0. The standard InChI is InChI=1S/C15H20N2OS/c1-4-17-15(2,14-16-9-10-19-14)11-12-7-5-6-8-13(12)18-3/h5-10,17H,4,11H2,1-3H3. The van der Waals surface area contributed by atoms with E-state index in [2.05, 4.69) is 30.2 Å². The second-order valence-corrected chi connectivity index (χ2v) is 5.58. The smallest absolute Gasteiger partial charge is 0.122 e. The monoisotopic (exact) mass is 276 g/mol. The normalized spacial score (nSPS) is 14.1. The van der Waals surface area contributed by atoms with Gasteiger partial charge in [-0.3, -0.25) is 0 Å². The zero-order valence-corrected chi connectivity index (χ0v) is 12.5. The lowest BCUT2D eigenvalue weighted by atomic mass is 9.92. The molecule has 0 amide bonds. The Kier molecular flexibility index (Phi) is 4.56. The largest absolute Gasteiger partial charge is 0.496 e. The number of hydrogen-bond donors (Lipinski definition) is 1. The van der Waals surface area contributed by atoms with E-state index in [1.54, 1.807) is 18.4 Å². The van der Waals surface area contributed by atoms with Gasteiger partial charge in [0.05, 0.1) is 12.6 Å². The Morgan fingerprint density at radius 1 is 1.37 bits per heavy atom. The topological polar surface area (TPSA) is 34.1 Å². The fourth-order valence-electron chi connectivity index (χ4n) is 2.33. The molecule has 0 saturated carbocycles. The van der Waals surface area contributed by atoms with Gasteiger partial charge in [-0.25, -0.2) is 4.98 Å². The van der Waals surface area contributed by atoms with E-state index in [0.29, 0.717) is 0 Å². The van der Waals surface area contributed by atoms with Crippen LogP contribution >= 0.6 is 11.3 Å². The molecule has 0 aliphatic carbocycles.